The Hall–Kier alpha value is -4.04. The normalized spacial score (nSPS) is 12.1. The molecule has 0 aromatic heterocycles. The van der Waals surface area contributed by atoms with E-state index in [0.717, 1.165) is 21.6 Å². The van der Waals surface area contributed by atoms with Gasteiger partial charge >= 0.3 is 23.9 Å². The van der Waals surface area contributed by atoms with E-state index < -0.39 is 47.8 Å². The van der Waals surface area contributed by atoms with Crippen molar-refractivity contribution < 1.29 is 49.2 Å². The Morgan fingerprint density at radius 3 is 1.27 bits per heavy atom. The molecule has 0 saturated heterocycles. The summed E-state index contributed by atoms with van der Waals surface area (Å²) in [6, 6.07) is 10.3. The third kappa shape index (κ3) is 10.6. The number of amides is 2. The molecule has 0 heterocycles. The largest absolute Gasteiger partial charge is 0.481 e. The molecule has 40 heavy (non-hydrogen) atoms. The summed E-state index contributed by atoms with van der Waals surface area (Å²) in [6.07, 6.45) is -0.447. The van der Waals surface area contributed by atoms with Crippen molar-refractivity contribution >= 4 is 57.3 Å². The van der Waals surface area contributed by atoms with Gasteiger partial charge in [-0.3, -0.25) is 19.2 Å². The quantitative estimate of drug-likeness (QED) is 0.146. The molecular weight excluding hydrogens is 564 g/mol. The molecule has 214 valence electrons. The number of carboxylic acids is 4. The van der Waals surface area contributed by atoms with Gasteiger partial charge in [0.15, 0.2) is 0 Å². The van der Waals surface area contributed by atoms with E-state index in [1.165, 1.54) is 12.1 Å². The monoisotopic (exact) mass is 592 g/mol. The molecule has 12 nitrogen and oxygen atoms in total. The molecule has 2 amide bonds. The van der Waals surface area contributed by atoms with Gasteiger partial charge in [-0.05, 0) is 49.9 Å². The molecule has 0 fully saturated rings. The number of nitrogens with one attached hydrogen (secondary N) is 2. The standard InChI is InChI=1S/C26H28N2O10S2/c29-21(30)13-5-9-17(25(35)36)27-23(33)15-7-1-3-11-19(15)39-40-20-12-4-2-8-16(20)24(34)28-18(26(37)38)10-6-14-22(31)32/h1-4,7-8,11-12,17-18H,5-6,9-10,13-14H2,(H,27,33)(H,28,34)(H,29,30)(H,31,32)(H,35,36)(H,37,38)/t17-,18-/m0/s1. The predicted molar refractivity (Wildman–Crippen MR) is 145 cm³/mol. The van der Waals surface area contributed by atoms with Crippen LogP contribution in [0.3, 0.4) is 0 Å². The molecule has 0 aliphatic heterocycles. The smallest absolute Gasteiger partial charge is 0.326 e. The fourth-order valence-electron chi connectivity index (χ4n) is 3.45. The van der Waals surface area contributed by atoms with Crippen LogP contribution in [0.25, 0.3) is 0 Å². The van der Waals surface area contributed by atoms with Gasteiger partial charge in [-0.1, -0.05) is 45.9 Å². The van der Waals surface area contributed by atoms with E-state index >= 15 is 0 Å². The van der Waals surface area contributed by atoms with Crippen LogP contribution < -0.4 is 10.6 Å². The number of rotatable bonds is 17. The van der Waals surface area contributed by atoms with E-state index in [1.807, 2.05) is 0 Å². The zero-order chi connectivity index (χ0) is 29.7. The number of carbonyl (C=O) groups is 6. The highest BCUT2D eigenvalue weighted by atomic mass is 33.1. The van der Waals surface area contributed by atoms with Crippen molar-refractivity contribution in [1.82, 2.24) is 10.6 Å². The minimum absolute atomic E-state index is 0.0619. The molecule has 14 heteroatoms. The highest BCUT2D eigenvalue weighted by molar-refractivity contribution is 8.76. The Labute approximate surface area is 236 Å². The van der Waals surface area contributed by atoms with Crippen LogP contribution in [-0.2, 0) is 19.2 Å². The molecule has 6 N–H and O–H groups in total. The molecule has 2 rings (SSSR count). The molecule has 0 spiro atoms. The fourth-order valence-corrected chi connectivity index (χ4v) is 5.80. The van der Waals surface area contributed by atoms with Gasteiger partial charge in [0.2, 0.25) is 0 Å². The summed E-state index contributed by atoms with van der Waals surface area (Å²) in [5, 5.41) is 41.3. The summed E-state index contributed by atoms with van der Waals surface area (Å²) >= 11 is 0. The zero-order valence-corrected chi connectivity index (χ0v) is 22.7. The number of hydrogen-bond donors (Lipinski definition) is 6. The third-order valence-corrected chi connectivity index (χ3v) is 7.94. The highest BCUT2D eigenvalue weighted by Gasteiger charge is 2.24. The fraction of sp³-hybridized carbons (Fsp3) is 0.308. The average molecular weight is 593 g/mol. The van der Waals surface area contributed by atoms with Crippen LogP contribution in [-0.4, -0.2) is 68.2 Å². The van der Waals surface area contributed by atoms with Crippen LogP contribution in [0.5, 0.6) is 0 Å². The lowest BCUT2D eigenvalue weighted by atomic mass is 10.1. The molecule has 0 unspecified atom stereocenters. The summed E-state index contributed by atoms with van der Waals surface area (Å²) in [4.78, 5) is 71.4. The van der Waals surface area contributed by atoms with Crippen LogP contribution in [0.1, 0.15) is 59.2 Å². The first-order valence-electron chi connectivity index (χ1n) is 12.0. The Morgan fingerprint density at radius 2 is 0.950 bits per heavy atom. The van der Waals surface area contributed by atoms with Gasteiger partial charge in [-0.2, -0.15) is 0 Å². The maximum atomic E-state index is 12.9. The second kappa shape index (κ2) is 16.2. The summed E-state index contributed by atoms with van der Waals surface area (Å²) < 4.78 is 0. The zero-order valence-electron chi connectivity index (χ0n) is 21.1. The van der Waals surface area contributed by atoms with Crippen LogP contribution in [0.2, 0.25) is 0 Å². The van der Waals surface area contributed by atoms with Crippen molar-refractivity contribution in [2.75, 3.05) is 0 Å². The van der Waals surface area contributed by atoms with Crippen LogP contribution in [0.15, 0.2) is 58.3 Å². The first-order valence-corrected chi connectivity index (χ1v) is 14.2. The first-order chi connectivity index (χ1) is 19.0. The first kappa shape index (κ1) is 32.2. The summed E-state index contributed by atoms with van der Waals surface area (Å²) in [5.41, 5.74) is 0.353. The van der Waals surface area contributed by atoms with E-state index in [4.69, 9.17) is 10.2 Å². The molecule has 0 radical (unpaired) electrons. The maximum absolute atomic E-state index is 12.9. The SMILES string of the molecule is O=C(O)CCC[C@H](NC(=O)c1ccccc1SSc1ccccc1C(=O)N[C@@H](CCCC(=O)O)C(=O)O)C(=O)O. The summed E-state index contributed by atoms with van der Waals surface area (Å²) in [7, 11) is 2.26. The molecule has 0 bridgehead atoms. The lowest BCUT2D eigenvalue weighted by Crippen LogP contribution is -2.41. The second-order valence-corrected chi connectivity index (χ2v) is 10.7. The molecular formula is C26H28N2O10S2. The summed E-state index contributed by atoms with van der Waals surface area (Å²) in [5.74, 6) is -6.05. The van der Waals surface area contributed by atoms with E-state index in [0.29, 0.717) is 9.79 Å². The number of hydrogen-bond acceptors (Lipinski definition) is 8. The van der Waals surface area contributed by atoms with Gasteiger partial charge in [-0.25, -0.2) is 9.59 Å². The van der Waals surface area contributed by atoms with Crippen molar-refractivity contribution in [1.29, 1.82) is 0 Å². The molecule has 2 aromatic carbocycles. The van der Waals surface area contributed by atoms with Gasteiger partial charge in [0.1, 0.15) is 12.1 Å². The Bertz CT molecular complexity index is 1160. The molecule has 0 aliphatic carbocycles. The molecule has 2 atom stereocenters. The van der Waals surface area contributed by atoms with Gasteiger partial charge in [0, 0.05) is 22.6 Å². The van der Waals surface area contributed by atoms with E-state index in [2.05, 4.69) is 10.6 Å². The molecule has 2 aromatic rings. The lowest BCUT2D eigenvalue weighted by Gasteiger charge is -2.16. The van der Waals surface area contributed by atoms with Gasteiger partial charge in [0.05, 0.1) is 11.1 Å². The Balaban J connectivity index is 2.13. The van der Waals surface area contributed by atoms with E-state index in [9.17, 15) is 39.0 Å². The van der Waals surface area contributed by atoms with Crippen LogP contribution in [0, 0.1) is 0 Å². The Kier molecular flexibility index (Phi) is 13.0. The topological polar surface area (TPSA) is 207 Å². The number of carbonyl (C=O) groups excluding carboxylic acids is 2. The lowest BCUT2D eigenvalue weighted by molar-refractivity contribution is -0.141. The van der Waals surface area contributed by atoms with Crippen molar-refractivity contribution in [2.24, 2.45) is 0 Å². The van der Waals surface area contributed by atoms with Crippen LogP contribution >= 0.6 is 21.6 Å². The van der Waals surface area contributed by atoms with Crippen molar-refractivity contribution in [3.63, 3.8) is 0 Å². The maximum Gasteiger partial charge on any atom is 0.326 e. The van der Waals surface area contributed by atoms with E-state index in [1.54, 1.807) is 36.4 Å². The number of aliphatic carboxylic acids is 4. The van der Waals surface area contributed by atoms with Crippen LogP contribution in [0.4, 0.5) is 0 Å². The average Bonchev–Trinajstić information content (AvgIpc) is 2.90. The third-order valence-electron chi connectivity index (χ3n) is 5.46. The molecule has 0 saturated carbocycles. The van der Waals surface area contributed by atoms with Gasteiger partial charge in [0.25, 0.3) is 11.8 Å². The van der Waals surface area contributed by atoms with E-state index in [-0.39, 0.29) is 49.7 Å². The summed E-state index contributed by atoms with van der Waals surface area (Å²) in [6.45, 7) is 0. The highest BCUT2D eigenvalue weighted by Crippen LogP contribution is 2.40. The number of benzene rings is 2. The van der Waals surface area contributed by atoms with Gasteiger partial charge in [-0.15, -0.1) is 0 Å². The van der Waals surface area contributed by atoms with Crippen molar-refractivity contribution in [3.8, 4) is 0 Å². The Morgan fingerprint density at radius 1 is 0.600 bits per heavy atom. The van der Waals surface area contributed by atoms with Crippen molar-refractivity contribution in [2.45, 2.75) is 60.4 Å². The van der Waals surface area contributed by atoms with Crippen molar-refractivity contribution in [3.05, 3.63) is 59.7 Å². The minimum atomic E-state index is -1.29. The minimum Gasteiger partial charge on any atom is -0.481 e. The van der Waals surface area contributed by atoms with Gasteiger partial charge < -0.3 is 31.1 Å². The second-order valence-electron chi connectivity index (χ2n) is 8.46. The predicted octanol–water partition coefficient (Wildman–Crippen LogP) is 3.36. The number of carboxylic acid groups (broad SMARTS) is 4. The molecule has 0 aliphatic rings.